The number of carbonyl (C=O) groups excluding carboxylic acids is 2. The molecule has 108 valence electrons. The van der Waals surface area contributed by atoms with E-state index in [-0.39, 0.29) is 5.57 Å². The highest BCUT2D eigenvalue weighted by atomic mass is 32.2. The van der Waals surface area contributed by atoms with Gasteiger partial charge in [0.1, 0.15) is 0 Å². The van der Waals surface area contributed by atoms with E-state index >= 15 is 0 Å². The summed E-state index contributed by atoms with van der Waals surface area (Å²) in [5.41, 5.74) is 0.252. The van der Waals surface area contributed by atoms with Crippen LogP contribution in [0.4, 0.5) is 0 Å². The zero-order valence-corrected chi connectivity index (χ0v) is 12.2. The maximum Gasteiger partial charge on any atom is 0.345 e. The van der Waals surface area contributed by atoms with Crippen molar-refractivity contribution in [3.8, 4) is 0 Å². The molecule has 6 heteroatoms. The van der Waals surface area contributed by atoms with Gasteiger partial charge < -0.3 is 14.2 Å². The summed E-state index contributed by atoms with van der Waals surface area (Å²) in [5.74, 6) is -0.254. The first kappa shape index (κ1) is 16.0. The lowest BCUT2D eigenvalue weighted by atomic mass is 10.3. The summed E-state index contributed by atoms with van der Waals surface area (Å²) < 4.78 is 15.5. The van der Waals surface area contributed by atoms with Crippen LogP contribution in [0.3, 0.4) is 0 Å². The average molecular weight is 288 g/mol. The van der Waals surface area contributed by atoms with Crippen LogP contribution < -0.4 is 0 Å². The van der Waals surface area contributed by atoms with Gasteiger partial charge in [-0.25, -0.2) is 9.59 Å². The largest absolute Gasteiger partial charge is 0.450 e. The third kappa shape index (κ3) is 6.11. The Hall–Kier alpha value is -1.01. The maximum atomic E-state index is 11.6. The molecule has 1 heterocycles. The van der Waals surface area contributed by atoms with Crippen LogP contribution in [0.25, 0.3) is 0 Å². The van der Waals surface area contributed by atoms with E-state index in [1.54, 1.807) is 11.8 Å². The van der Waals surface area contributed by atoms with E-state index in [0.717, 1.165) is 18.6 Å². The molecule has 0 bridgehead atoms. The van der Waals surface area contributed by atoms with Gasteiger partial charge in [-0.3, -0.25) is 0 Å². The minimum atomic E-state index is -0.715. The molecular weight excluding hydrogens is 268 g/mol. The van der Waals surface area contributed by atoms with Crippen LogP contribution >= 0.6 is 11.8 Å². The number of rotatable bonds is 4. The predicted molar refractivity (Wildman–Crippen MR) is 72.8 cm³/mol. The molecule has 1 fully saturated rings. The molecule has 0 radical (unpaired) electrons. The van der Waals surface area contributed by atoms with Gasteiger partial charge in [0, 0.05) is 12.2 Å². The molecule has 1 atom stereocenters. The molecular formula is C13H20O5S. The Balaban J connectivity index is 2.40. The number of hydrogen-bond acceptors (Lipinski definition) is 6. The van der Waals surface area contributed by atoms with Crippen LogP contribution in [0.1, 0.15) is 26.7 Å². The van der Waals surface area contributed by atoms with Crippen molar-refractivity contribution in [3.63, 3.8) is 0 Å². The molecule has 1 aliphatic rings. The van der Waals surface area contributed by atoms with Crippen molar-refractivity contribution in [1.29, 1.82) is 0 Å². The SMILES string of the molecule is C=C(C)C(=O)OCC(=O)OC1(C)COCCCCS1. The Morgan fingerprint density at radius 1 is 1.42 bits per heavy atom. The number of hydrogen-bond donors (Lipinski definition) is 0. The van der Waals surface area contributed by atoms with Crippen molar-refractivity contribution < 1.29 is 23.8 Å². The fourth-order valence-electron chi connectivity index (χ4n) is 1.47. The third-order valence-corrected chi connectivity index (χ3v) is 3.76. The first-order valence-electron chi connectivity index (χ1n) is 6.19. The molecule has 0 aromatic heterocycles. The topological polar surface area (TPSA) is 61.8 Å². The monoisotopic (exact) mass is 288 g/mol. The molecule has 0 N–H and O–H groups in total. The van der Waals surface area contributed by atoms with Crippen LogP contribution in [0.2, 0.25) is 0 Å². The molecule has 0 aromatic carbocycles. The van der Waals surface area contributed by atoms with Gasteiger partial charge in [0.25, 0.3) is 0 Å². The highest BCUT2D eigenvalue weighted by Gasteiger charge is 2.31. The van der Waals surface area contributed by atoms with Crippen LogP contribution in [0.15, 0.2) is 12.2 Å². The van der Waals surface area contributed by atoms with E-state index < -0.39 is 23.5 Å². The minimum Gasteiger partial charge on any atom is -0.450 e. The number of carbonyl (C=O) groups is 2. The van der Waals surface area contributed by atoms with Gasteiger partial charge in [-0.15, -0.1) is 11.8 Å². The summed E-state index contributed by atoms with van der Waals surface area (Å²) in [6.45, 7) is 7.39. The van der Waals surface area contributed by atoms with Crippen molar-refractivity contribution >= 4 is 23.7 Å². The highest BCUT2D eigenvalue weighted by molar-refractivity contribution is 8.00. The average Bonchev–Trinajstić information content (AvgIpc) is 2.31. The van der Waals surface area contributed by atoms with E-state index in [1.165, 1.54) is 6.92 Å². The summed E-state index contributed by atoms with van der Waals surface area (Å²) in [6, 6.07) is 0. The van der Waals surface area contributed by atoms with Crippen LogP contribution in [-0.4, -0.2) is 42.4 Å². The fourth-order valence-corrected chi connectivity index (χ4v) is 2.57. The van der Waals surface area contributed by atoms with Crippen molar-refractivity contribution in [2.24, 2.45) is 0 Å². The molecule has 1 rings (SSSR count). The third-order valence-electron chi connectivity index (χ3n) is 2.45. The Kier molecular flexibility index (Phi) is 6.37. The Morgan fingerprint density at radius 3 is 2.84 bits per heavy atom. The van der Waals surface area contributed by atoms with Crippen LogP contribution in [-0.2, 0) is 23.8 Å². The second kappa shape index (κ2) is 7.55. The molecule has 1 saturated heterocycles. The van der Waals surface area contributed by atoms with E-state index in [4.69, 9.17) is 14.2 Å². The number of esters is 2. The number of ether oxygens (including phenoxy) is 3. The van der Waals surface area contributed by atoms with Crippen molar-refractivity contribution in [1.82, 2.24) is 0 Å². The summed E-state index contributed by atoms with van der Waals surface area (Å²) >= 11 is 1.54. The summed E-state index contributed by atoms with van der Waals surface area (Å²) in [6.07, 6.45) is 2.05. The quantitative estimate of drug-likeness (QED) is 0.581. The van der Waals surface area contributed by atoms with Gasteiger partial charge in [0.2, 0.25) is 0 Å². The summed E-state index contributed by atoms with van der Waals surface area (Å²) in [5, 5.41) is 0. The standard InChI is InChI=1S/C13H20O5S/c1-10(2)12(15)17-8-11(14)18-13(3)9-16-6-4-5-7-19-13/h1,4-9H2,2-3H3. The van der Waals surface area contributed by atoms with E-state index in [2.05, 4.69) is 6.58 Å². The fraction of sp³-hybridized carbons (Fsp3) is 0.692. The second-order valence-corrected chi connectivity index (χ2v) is 6.13. The normalized spacial score (nSPS) is 23.9. The molecule has 0 saturated carbocycles. The van der Waals surface area contributed by atoms with E-state index in [9.17, 15) is 9.59 Å². The summed E-state index contributed by atoms with van der Waals surface area (Å²) in [4.78, 5) is 22.1. The first-order valence-corrected chi connectivity index (χ1v) is 7.18. The lowest BCUT2D eigenvalue weighted by molar-refractivity contribution is -0.164. The summed E-state index contributed by atoms with van der Waals surface area (Å²) in [7, 11) is 0. The van der Waals surface area contributed by atoms with Crippen molar-refractivity contribution in [2.75, 3.05) is 25.6 Å². The molecule has 0 aromatic rings. The van der Waals surface area contributed by atoms with Gasteiger partial charge in [-0.1, -0.05) is 6.58 Å². The van der Waals surface area contributed by atoms with Gasteiger partial charge in [-0.2, -0.15) is 0 Å². The Bertz CT molecular complexity index is 345. The molecule has 0 amide bonds. The van der Waals surface area contributed by atoms with E-state index in [1.807, 2.05) is 6.92 Å². The number of thioether (sulfide) groups is 1. The van der Waals surface area contributed by atoms with E-state index in [0.29, 0.717) is 13.2 Å². The lowest BCUT2D eigenvalue weighted by Gasteiger charge is -2.30. The molecule has 0 spiro atoms. The Labute approximate surface area is 117 Å². The molecule has 5 nitrogen and oxygen atoms in total. The van der Waals surface area contributed by atoms with Gasteiger partial charge in [0.05, 0.1) is 6.61 Å². The van der Waals surface area contributed by atoms with Crippen molar-refractivity contribution in [3.05, 3.63) is 12.2 Å². The minimum absolute atomic E-state index is 0.252. The van der Waals surface area contributed by atoms with Gasteiger partial charge in [0.15, 0.2) is 11.5 Å². The smallest absolute Gasteiger partial charge is 0.345 e. The Morgan fingerprint density at radius 2 is 2.16 bits per heavy atom. The van der Waals surface area contributed by atoms with Crippen LogP contribution in [0.5, 0.6) is 0 Å². The van der Waals surface area contributed by atoms with Crippen LogP contribution in [0, 0.1) is 0 Å². The molecule has 0 aliphatic carbocycles. The lowest BCUT2D eigenvalue weighted by Crippen LogP contribution is -2.36. The zero-order chi connectivity index (χ0) is 14.3. The molecule has 19 heavy (non-hydrogen) atoms. The second-order valence-electron chi connectivity index (χ2n) is 4.57. The molecule has 1 aliphatic heterocycles. The first-order chi connectivity index (χ1) is 8.93. The zero-order valence-electron chi connectivity index (χ0n) is 11.4. The van der Waals surface area contributed by atoms with Crippen molar-refractivity contribution in [2.45, 2.75) is 31.6 Å². The predicted octanol–water partition coefficient (Wildman–Crippen LogP) is 1.91. The van der Waals surface area contributed by atoms with Gasteiger partial charge >= 0.3 is 11.9 Å². The maximum absolute atomic E-state index is 11.6. The van der Waals surface area contributed by atoms with Gasteiger partial charge in [-0.05, 0) is 32.4 Å². The molecule has 1 unspecified atom stereocenters. The highest BCUT2D eigenvalue weighted by Crippen LogP contribution is 2.29.